The Hall–Kier alpha value is -2.80. The first-order chi connectivity index (χ1) is 16.5. The molecule has 7 rings (SSSR count). The van der Waals surface area contributed by atoms with Crippen molar-refractivity contribution in [1.82, 2.24) is 19.7 Å². The van der Waals surface area contributed by atoms with Crippen molar-refractivity contribution >= 4 is 23.0 Å². The zero-order valence-corrected chi connectivity index (χ0v) is 20.8. The fourth-order valence-corrected chi connectivity index (χ4v) is 7.41. The van der Waals surface area contributed by atoms with Crippen LogP contribution < -0.4 is 0 Å². The smallest absolute Gasteiger partial charge is 0.226 e. The molecule has 0 bridgehead atoms. The summed E-state index contributed by atoms with van der Waals surface area (Å²) in [7, 11) is 2.00. The van der Waals surface area contributed by atoms with E-state index >= 15 is 0 Å². The molecule has 0 radical (unpaired) electrons. The molecule has 0 N–H and O–H groups in total. The van der Waals surface area contributed by atoms with Crippen molar-refractivity contribution in [1.29, 1.82) is 0 Å². The lowest BCUT2D eigenvalue weighted by atomic mass is 9.90. The van der Waals surface area contributed by atoms with Crippen molar-refractivity contribution in [3.8, 4) is 5.00 Å². The molecule has 1 amide bonds. The summed E-state index contributed by atoms with van der Waals surface area (Å²) in [5, 5.41) is 10.3. The van der Waals surface area contributed by atoms with E-state index < -0.39 is 0 Å². The summed E-state index contributed by atoms with van der Waals surface area (Å²) in [6.07, 6.45) is 7.17. The standard InChI is InChI=1S/C27H29N5OS/c1-15-7-4-5-10-19(15)23-22-20-13-17(24(33)31(3)18-8-6-9-18)14-21(20)34-25(22)32-16(2)29-30-26(32)27(28-23)11-12-27/h4-5,7,10,17-18H,6,8-9,11-14H2,1-3H3/t17-/m0/s1. The van der Waals surface area contributed by atoms with Crippen LogP contribution in [0, 0.1) is 19.8 Å². The third kappa shape index (κ3) is 2.79. The van der Waals surface area contributed by atoms with Crippen molar-refractivity contribution in [3.63, 3.8) is 0 Å². The van der Waals surface area contributed by atoms with Crippen molar-refractivity contribution in [2.75, 3.05) is 7.05 Å². The van der Waals surface area contributed by atoms with Crippen LogP contribution >= 0.6 is 11.3 Å². The molecule has 1 atom stereocenters. The molecular weight excluding hydrogens is 442 g/mol. The molecule has 2 aromatic heterocycles. The summed E-state index contributed by atoms with van der Waals surface area (Å²) in [5.74, 6) is 2.24. The first-order valence-electron chi connectivity index (χ1n) is 12.5. The highest BCUT2D eigenvalue weighted by atomic mass is 32.1. The minimum Gasteiger partial charge on any atom is -0.343 e. The molecule has 6 nitrogen and oxygen atoms in total. The summed E-state index contributed by atoms with van der Waals surface area (Å²) in [6.45, 7) is 4.21. The van der Waals surface area contributed by atoms with E-state index in [4.69, 9.17) is 4.99 Å². The lowest BCUT2D eigenvalue weighted by Crippen LogP contribution is -2.44. The Balaban J connectivity index is 1.38. The zero-order chi connectivity index (χ0) is 23.2. The Morgan fingerprint density at radius 3 is 2.65 bits per heavy atom. The largest absolute Gasteiger partial charge is 0.343 e. The molecule has 0 unspecified atom stereocenters. The lowest BCUT2D eigenvalue weighted by Gasteiger charge is -2.36. The van der Waals surface area contributed by atoms with Gasteiger partial charge < -0.3 is 4.90 Å². The van der Waals surface area contributed by atoms with Crippen LogP contribution in [-0.2, 0) is 23.2 Å². The molecule has 3 aliphatic carbocycles. The molecule has 3 heterocycles. The highest BCUT2D eigenvalue weighted by Crippen LogP contribution is 2.54. The van der Waals surface area contributed by atoms with Crippen molar-refractivity contribution in [2.24, 2.45) is 10.9 Å². The Morgan fingerprint density at radius 2 is 1.94 bits per heavy atom. The Bertz CT molecular complexity index is 1370. The van der Waals surface area contributed by atoms with E-state index in [0.717, 1.165) is 55.9 Å². The van der Waals surface area contributed by atoms with E-state index in [1.54, 1.807) is 0 Å². The average molecular weight is 472 g/mol. The Morgan fingerprint density at radius 1 is 1.15 bits per heavy atom. The van der Waals surface area contributed by atoms with Gasteiger partial charge in [0.15, 0.2) is 5.82 Å². The van der Waals surface area contributed by atoms with Crippen molar-refractivity contribution in [2.45, 2.75) is 70.4 Å². The van der Waals surface area contributed by atoms with Crippen LogP contribution in [0.3, 0.4) is 0 Å². The number of hydrogen-bond donors (Lipinski definition) is 0. The Kier molecular flexibility index (Phi) is 4.30. The fraction of sp³-hybridized carbons (Fsp3) is 0.481. The summed E-state index contributed by atoms with van der Waals surface area (Å²) in [4.78, 5) is 22.2. The molecule has 2 fully saturated rings. The summed E-state index contributed by atoms with van der Waals surface area (Å²) in [6, 6.07) is 8.99. The van der Waals surface area contributed by atoms with Gasteiger partial charge in [0.05, 0.1) is 5.71 Å². The zero-order valence-electron chi connectivity index (χ0n) is 20.0. The van der Waals surface area contributed by atoms with Crippen LogP contribution in [0.15, 0.2) is 29.3 Å². The predicted octanol–water partition coefficient (Wildman–Crippen LogP) is 4.51. The third-order valence-corrected chi connectivity index (χ3v) is 9.64. The van der Waals surface area contributed by atoms with Gasteiger partial charge in [0, 0.05) is 35.0 Å². The number of carbonyl (C=O) groups excluding carboxylic acids is 1. The van der Waals surface area contributed by atoms with Gasteiger partial charge in [0.2, 0.25) is 5.91 Å². The minimum atomic E-state index is -0.275. The highest BCUT2D eigenvalue weighted by Gasteiger charge is 2.52. The quantitative estimate of drug-likeness (QED) is 0.565. The molecule has 174 valence electrons. The number of benzene rings is 1. The van der Waals surface area contributed by atoms with E-state index in [-0.39, 0.29) is 11.5 Å². The second kappa shape index (κ2) is 7.11. The number of thiophene rings is 1. The van der Waals surface area contributed by atoms with Crippen LogP contribution in [0.1, 0.15) is 70.9 Å². The molecule has 2 saturated carbocycles. The van der Waals surface area contributed by atoms with E-state index in [9.17, 15) is 4.79 Å². The minimum absolute atomic E-state index is 0.0369. The molecule has 1 aliphatic heterocycles. The van der Waals surface area contributed by atoms with Gasteiger partial charge >= 0.3 is 0 Å². The predicted molar refractivity (Wildman–Crippen MR) is 133 cm³/mol. The first-order valence-corrected chi connectivity index (χ1v) is 13.3. The van der Waals surface area contributed by atoms with Crippen LogP contribution in [0.4, 0.5) is 0 Å². The molecular formula is C27H29N5OS. The molecule has 4 aliphatic rings. The van der Waals surface area contributed by atoms with E-state index in [1.165, 1.54) is 38.6 Å². The third-order valence-electron chi connectivity index (χ3n) is 8.40. The average Bonchev–Trinajstić information content (AvgIpc) is 3.13. The summed E-state index contributed by atoms with van der Waals surface area (Å²) < 4.78 is 2.26. The summed E-state index contributed by atoms with van der Waals surface area (Å²) >= 11 is 1.82. The van der Waals surface area contributed by atoms with Crippen LogP contribution in [-0.4, -0.2) is 44.4 Å². The molecule has 34 heavy (non-hydrogen) atoms. The number of hydrogen-bond acceptors (Lipinski definition) is 5. The maximum atomic E-state index is 13.4. The number of aromatic nitrogens is 3. The van der Waals surface area contributed by atoms with Crippen molar-refractivity contribution in [3.05, 3.63) is 63.0 Å². The molecule has 7 heteroatoms. The maximum Gasteiger partial charge on any atom is 0.226 e. The van der Waals surface area contributed by atoms with E-state index in [0.29, 0.717) is 11.9 Å². The van der Waals surface area contributed by atoms with Crippen LogP contribution in [0.25, 0.3) is 5.00 Å². The second-order valence-corrected chi connectivity index (χ2v) is 11.6. The number of aliphatic imine (C=N–C) groups is 1. The molecule has 1 aromatic carbocycles. The molecule has 0 saturated heterocycles. The van der Waals surface area contributed by atoms with E-state index in [2.05, 4.69) is 46.0 Å². The van der Waals surface area contributed by atoms with Gasteiger partial charge in [-0.15, -0.1) is 21.5 Å². The van der Waals surface area contributed by atoms with Gasteiger partial charge in [-0.25, -0.2) is 0 Å². The molecule has 3 aromatic rings. The van der Waals surface area contributed by atoms with Crippen molar-refractivity contribution < 1.29 is 4.79 Å². The van der Waals surface area contributed by atoms with Gasteiger partial charge in [-0.2, -0.15) is 0 Å². The van der Waals surface area contributed by atoms with Gasteiger partial charge in [-0.1, -0.05) is 24.3 Å². The lowest BCUT2D eigenvalue weighted by molar-refractivity contribution is -0.137. The number of aryl methyl sites for hydroxylation is 2. The fourth-order valence-electron chi connectivity index (χ4n) is 5.95. The van der Waals surface area contributed by atoms with E-state index in [1.807, 2.05) is 30.2 Å². The van der Waals surface area contributed by atoms with Gasteiger partial charge in [0.1, 0.15) is 16.4 Å². The van der Waals surface area contributed by atoms with Crippen LogP contribution in [0.2, 0.25) is 0 Å². The summed E-state index contributed by atoms with van der Waals surface area (Å²) in [5.41, 5.74) is 5.75. The van der Waals surface area contributed by atoms with Crippen LogP contribution in [0.5, 0.6) is 0 Å². The number of nitrogens with zero attached hydrogens (tertiary/aromatic N) is 5. The highest BCUT2D eigenvalue weighted by molar-refractivity contribution is 7.15. The molecule has 1 spiro atoms. The normalized spacial score (nSPS) is 21.9. The number of rotatable bonds is 3. The first kappa shape index (κ1) is 20.6. The second-order valence-electron chi connectivity index (χ2n) is 10.5. The number of amides is 1. The SMILES string of the molecule is Cc1ccccc1C1=NC2(CC2)c2nnc(C)n2-c2sc3c(c21)C[C@H](C(=O)N(C)C1CCC1)C3. The van der Waals surface area contributed by atoms with Gasteiger partial charge in [0.25, 0.3) is 0 Å². The number of carbonyl (C=O) groups is 1. The van der Waals surface area contributed by atoms with Gasteiger partial charge in [-0.3, -0.25) is 14.4 Å². The van der Waals surface area contributed by atoms with Gasteiger partial charge in [-0.05, 0) is 69.9 Å². The topological polar surface area (TPSA) is 63.4 Å². The maximum absolute atomic E-state index is 13.4. The monoisotopic (exact) mass is 471 g/mol. The Labute approximate surface area is 203 Å². The number of fused-ring (bicyclic) bond motifs is 6.